The molecule has 23 heavy (non-hydrogen) atoms. The van der Waals surface area contributed by atoms with Crippen molar-refractivity contribution in [2.45, 2.75) is 46.2 Å². The van der Waals surface area contributed by atoms with Gasteiger partial charge in [0, 0.05) is 12.0 Å². The minimum Gasteiger partial charge on any atom is -0.462 e. The van der Waals surface area contributed by atoms with Gasteiger partial charge in [0.2, 0.25) is 6.33 Å². The molecule has 132 valence electrons. The maximum atomic E-state index is 11.1. The van der Waals surface area contributed by atoms with E-state index in [1.165, 1.54) is 12.8 Å². The molecule has 0 fully saturated rings. The Morgan fingerprint density at radius 3 is 2.43 bits per heavy atom. The summed E-state index contributed by atoms with van der Waals surface area (Å²) in [7, 11) is -6.00. The van der Waals surface area contributed by atoms with Gasteiger partial charge in [-0.3, -0.25) is 0 Å². The zero-order valence-corrected chi connectivity index (χ0v) is 13.5. The highest BCUT2D eigenvalue weighted by Gasteiger charge is 2.20. The second-order valence-electron chi connectivity index (χ2n) is 5.01. The lowest BCUT2D eigenvalue weighted by Crippen LogP contribution is -2.31. The van der Waals surface area contributed by atoms with Crippen molar-refractivity contribution in [3.8, 4) is 0 Å². The number of hydrogen-bond donors (Lipinski definition) is 0. The first-order valence-electron chi connectivity index (χ1n) is 7.38. The van der Waals surface area contributed by atoms with Crippen LogP contribution in [0.3, 0.4) is 0 Å². The lowest BCUT2D eigenvalue weighted by Gasteiger charge is -2.02. The van der Waals surface area contributed by atoms with E-state index in [4.69, 9.17) is 4.74 Å². The van der Waals surface area contributed by atoms with Gasteiger partial charge in [-0.25, -0.2) is 13.9 Å². The number of halogens is 4. The third-order valence-corrected chi connectivity index (χ3v) is 2.66. The molecule has 0 spiro atoms. The van der Waals surface area contributed by atoms with Crippen LogP contribution in [0.1, 0.15) is 33.1 Å². The fourth-order valence-electron chi connectivity index (χ4n) is 1.58. The minimum absolute atomic E-state index is 0.305. The Balaban J connectivity index is 0.000000841. The second-order valence-corrected chi connectivity index (χ2v) is 5.01. The van der Waals surface area contributed by atoms with Crippen molar-refractivity contribution in [3.05, 3.63) is 30.9 Å². The molecule has 0 amide bonds. The number of aromatic nitrogens is 2. The van der Waals surface area contributed by atoms with Crippen molar-refractivity contribution in [1.82, 2.24) is 4.57 Å². The smallest absolute Gasteiger partial charge is 0.462 e. The Labute approximate surface area is 133 Å². The monoisotopic (exact) mass is 338 g/mol. The van der Waals surface area contributed by atoms with Crippen LogP contribution in [0, 0.1) is 0 Å². The molecule has 0 bridgehead atoms. The maximum absolute atomic E-state index is 11.1. The molecule has 0 atom stereocenters. The fraction of sp³-hybridized carbons (Fsp3) is 0.571. The highest BCUT2D eigenvalue weighted by atomic mass is 19.5. The average molecular weight is 338 g/mol. The van der Waals surface area contributed by atoms with Gasteiger partial charge in [-0.05, 0) is 13.3 Å². The van der Waals surface area contributed by atoms with Crippen LogP contribution in [-0.2, 0) is 22.6 Å². The molecular weight excluding hydrogens is 315 g/mol. The minimum atomic E-state index is -6.00. The summed E-state index contributed by atoms with van der Waals surface area (Å²) in [5.41, 5.74) is 0.452. The largest absolute Gasteiger partial charge is 0.673 e. The van der Waals surface area contributed by atoms with Crippen LogP contribution in [0.25, 0.3) is 0 Å². The number of esters is 1. The Kier molecular flexibility index (Phi) is 10.0. The normalized spacial score (nSPS) is 10.7. The Hall–Kier alpha value is -1.80. The van der Waals surface area contributed by atoms with Crippen LogP contribution in [0.4, 0.5) is 17.3 Å². The van der Waals surface area contributed by atoms with E-state index < -0.39 is 7.25 Å². The average Bonchev–Trinajstić information content (AvgIpc) is 2.87. The third kappa shape index (κ3) is 13.6. The number of ether oxygens (including phenoxy) is 1. The summed E-state index contributed by atoms with van der Waals surface area (Å²) in [4.78, 5) is 11.1. The predicted molar refractivity (Wildman–Crippen MR) is 80.1 cm³/mol. The van der Waals surface area contributed by atoms with E-state index in [0.29, 0.717) is 12.2 Å². The predicted octanol–water partition coefficient (Wildman–Crippen LogP) is 3.39. The summed E-state index contributed by atoms with van der Waals surface area (Å²) < 4.78 is 48.3. The standard InChI is InChI=1S/C14H23N2O2.BF4/c1-4-5-7-15-9-10-16(12-15)8-6-11-18-14(17)13(2)3;2-1(3,4)5/h9-10,12H,2,4-8,11H2,1,3H3;/q+1;-1. The van der Waals surface area contributed by atoms with Gasteiger partial charge in [0.05, 0.1) is 19.7 Å². The second kappa shape index (κ2) is 10.9. The van der Waals surface area contributed by atoms with Crippen molar-refractivity contribution in [2.75, 3.05) is 6.61 Å². The highest BCUT2D eigenvalue weighted by molar-refractivity contribution is 6.50. The first-order chi connectivity index (χ1) is 10.6. The molecule has 0 saturated carbocycles. The zero-order chi connectivity index (χ0) is 17.9. The van der Waals surface area contributed by atoms with Crippen molar-refractivity contribution in [1.29, 1.82) is 0 Å². The van der Waals surface area contributed by atoms with Crippen molar-refractivity contribution in [2.24, 2.45) is 0 Å². The van der Waals surface area contributed by atoms with Gasteiger partial charge in [0.25, 0.3) is 0 Å². The topological polar surface area (TPSA) is 35.1 Å². The van der Waals surface area contributed by atoms with Gasteiger partial charge < -0.3 is 22.0 Å². The van der Waals surface area contributed by atoms with E-state index in [1.54, 1.807) is 6.92 Å². The van der Waals surface area contributed by atoms with Gasteiger partial charge in [-0.1, -0.05) is 19.9 Å². The van der Waals surface area contributed by atoms with Gasteiger partial charge in [-0.2, -0.15) is 0 Å². The van der Waals surface area contributed by atoms with Gasteiger partial charge in [-0.15, -0.1) is 0 Å². The zero-order valence-electron chi connectivity index (χ0n) is 13.5. The SMILES string of the molecule is C=C(C)C(=O)OCCC[n+]1ccn(CCCC)c1.F[B-](F)(F)F. The van der Waals surface area contributed by atoms with E-state index in [0.717, 1.165) is 19.5 Å². The number of unbranched alkanes of at least 4 members (excludes halogenated alkanes) is 1. The summed E-state index contributed by atoms with van der Waals surface area (Å²) in [6.07, 6.45) is 9.45. The van der Waals surface area contributed by atoms with E-state index in [1.807, 2.05) is 0 Å². The summed E-state index contributed by atoms with van der Waals surface area (Å²) in [5, 5.41) is 0. The molecule has 0 radical (unpaired) electrons. The number of rotatable bonds is 8. The molecule has 1 aromatic rings. The number of imidazole rings is 1. The van der Waals surface area contributed by atoms with Crippen molar-refractivity contribution in [3.63, 3.8) is 0 Å². The first kappa shape index (κ1) is 21.2. The molecule has 4 nitrogen and oxygen atoms in total. The number of aryl methyl sites for hydroxylation is 2. The number of carbonyl (C=O) groups is 1. The van der Waals surface area contributed by atoms with Crippen molar-refractivity contribution < 1.29 is 31.4 Å². The fourth-order valence-corrected chi connectivity index (χ4v) is 1.58. The van der Waals surface area contributed by atoms with E-state index >= 15 is 0 Å². The molecule has 0 N–H and O–H groups in total. The third-order valence-electron chi connectivity index (χ3n) is 2.66. The van der Waals surface area contributed by atoms with Gasteiger partial charge in [0.1, 0.15) is 12.4 Å². The molecule has 0 aliphatic heterocycles. The molecule has 1 heterocycles. The molecule has 1 rings (SSSR count). The summed E-state index contributed by atoms with van der Waals surface area (Å²) in [6, 6.07) is 0. The van der Waals surface area contributed by atoms with Gasteiger partial charge in [0.15, 0.2) is 0 Å². The van der Waals surface area contributed by atoms with Crippen LogP contribution in [0.2, 0.25) is 0 Å². The van der Waals surface area contributed by atoms with E-state index in [-0.39, 0.29) is 5.97 Å². The molecule has 0 aliphatic rings. The molecule has 0 aliphatic carbocycles. The molecule has 1 aromatic heterocycles. The number of carbonyl (C=O) groups excluding carboxylic acids is 1. The molecule has 0 unspecified atom stereocenters. The van der Waals surface area contributed by atoms with E-state index in [2.05, 4.69) is 41.4 Å². The van der Waals surface area contributed by atoms with Crippen LogP contribution in [-0.4, -0.2) is 24.4 Å². The molecule has 0 aromatic carbocycles. The van der Waals surface area contributed by atoms with Crippen molar-refractivity contribution >= 4 is 13.2 Å². The van der Waals surface area contributed by atoms with Crippen LogP contribution in [0.5, 0.6) is 0 Å². The molecule has 9 heteroatoms. The Morgan fingerprint density at radius 2 is 1.91 bits per heavy atom. The molecular formula is C14H23BF4N2O2. The van der Waals surface area contributed by atoms with Gasteiger partial charge >= 0.3 is 13.2 Å². The quantitative estimate of drug-likeness (QED) is 0.182. The lowest BCUT2D eigenvalue weighted by molar-refractivity contribution is -0.697. The summed E-state index contributed by atoms with van der Waals surface area (Å²) >= 11 is 0. The van der Waals surface area contributed by atoms with Crippen LogP contribution >= 0.6 is 0 Å². The maximum Gasteiger partial charge on any atom is 0.673 e. The Bertz CT molecular complexity index is 483. The van der Waals surface area contributed by atoms with Crippen LogP contribution < -0.4 is 4.57 Å². The number of hydrogen-bond acceptors (Lipinski definition) is 2. The van der Waals surface area contributed by atoms with E-state index in [9.17, 15) is 22.1 Å². The first-order valence-corrected chi connectivity index (χ1v) is 7.38. The lowest BCUT2D eigenvalue weighted by atomic mass is 10.3. The van der Waals surface area contributed by atoms with Crippen LogP contribution in [0.15, 0.2) is 30.9 Å². The summed E-state index contributed by atoms with van der Waals surface area (Å²) in [5.74, 6) is -0.305. The Morgan fingerprint density at radius 1 is 1.30 bits per heavy atom. The summed E-state index contributed by atoms with van der Waals surface area (Å²) in [6.45, 7) is 9.76. The number of nitrogens with zero attached hydrogens (tertiary/aromatic N) is 2. The highest BCUT2D eigenvalue weighted by Crippen LogP contribution is 2.06. The molecule has 0 saturated heterocycles.